The Morgan fingerprint density at radius 1 is 0.842 bits per heavy atom. The molecule has 0 aliphatic heterocycles. The molecule has 6 aromatic rings. The number of nitrogens with zero attached hydrogens (tertiary/aromatic N) is 5. The van der Waals surface area contributed by atoms with E-state index in [4.69, 9.17) is 16.7 Å². The van der Waals surface area contributed by atoms with Gasteiger partial charge in [0.25, 0.3) is 0 Å². The molecule has 0 radical (unpaired) electrons. The third kappa shape index (κ3) is 5.21. The van der Waals surface area contributed by atoms with E-state index in [0.29, 0.717) is 5.02 Å². The van der Waals surface area contributed by atoms with E-state index < -0.39 is 0 Å². The number of thiazole rings is 1. The predicted octanol–water partition coefficient (Wildman–Crippen LogP) is 8.47. The summed E-state index contributed by atoms with van der Waals surface area (Å²) in [5, 5.41) is 16.8. The molecule has 0 spiro atoms. The van der Waals surface area contributed by atoms with Gasteiger partial charge < -0.3 is 0 Å². The quantitative estimate of drug-likeness (QED) is 0.137. The molecule has 0 saturated heterocycles. The minimum absolute atomic E-state index is 0.686. The Kier molecular flexibility index (Phi) is 7.20. The molecular weight excluding hydrogens is 598 g/mol. The van der Waals surface area contributed by atoms with Crippen LogP contribution in [0.5, 0.6) is 0 Å². The molecule has 0 atom stereocenters. The second-order valence-corrected chi connectivity index (χ2v) is 12.0. The summed E-state index contributed by atoms with van der Waals surface area (Å²) in [5.74, 6) is 0. The molecule has 38 heavy (non-hydrogen) atoms. The van der Waals surface area contributed by atoms with Gasteiger partial charge in [-0.25, -0.2) is 4.68 Å². The van der Waals surface area contributed by atoms with Crippen molar-refractivity contribution >= 4 is 56.4 Å². The van der Waals surface area contributed by atoms with Gasteiger partial charge in [0.2, 0.25) is 4.80 Å². The highest BCUT2D eigenvalue weighted by Crippen LogP contribution is 2.32. The van der Waals surface area contributed by atoms with Crippen LogP contribution in [-0.2, 0) is 0 Å². The molecule has 0 unspecified atom stereocenters. The summed E-state index contributed by atoms with van der Waals surface area (Å²) in [7, 11) is 0. The van der Waals surface area contributed by atoms with E-state index in [1.165, 1.54) is 11.3 Å². The van der Waals surface area contributed by atoms with E-state index in [2.05, 4.69) is 54.3 Å². The fourth-order valence-electron chi connectivity index (χ4n) is 4.00. The molecule has 3 heterocycles. The van der Waals surface area contributed by atoms with Crippen molar-refractivity contribution in [2.45, 2.75) is 0 Å². The van der Waals surface area contributed by atoms with Gasteiger partial charge >= 0.3 is 0 Å². The largest absolute Gasteiger partial charge is 0.284 e. The van der Waals surface area contributed by atoms with Crippen LogP contribution in [0, 0.1) is 0 Å². The molecule has 6 rings (SSSR count). The average Bonchev–Trinajstić information content (AvgIpc) is 3.69. The van der Waals surface area contributed by atoms with Crippen molar-refractivity contribution in [3.05, 3.63) is 128 Å². The molecule has 3 aromatic carbocycles. The maximum absolute atomic E-state index is 6.17. The van der Waals surface area contributed by atoms with Crippen LogP contribution in [0.1, 0.15) is 5.56 Å². The van der Waals surface area contributed by atoms with E-state index in [-0.39, 0.29) is 0 Å². The Labute approximate surface area is 240 Å². The number of thiophene rings is 1. The van der Waals surface area contributed by atoms with Gasteiger partial charge in [-0.05, 0) is 70.0 Å². The first-order valence-corrected chi connectivity index (χ1v) is 14.5. The molecule has 5 nitrogen and oxygen atoms in total. The number of hydrogen-bond acceptors (Lipinski definition) is 5. The smallest absolute Gasteiger partial charge is 0.215 e. The van der Waals surface area contributed by atoms with E-state index >= 15 is 0 Å². The molecule has 186 valence electrons. The SMILES string of the molecule is Clc1ccc(-n2c(-c3ccccc3)cs/c2=N/N=C/c2cn(-c3ccccc3)nc2-c2ccc(Br)s2)cc1. The van der Waals surface area contributed by atoms with Crippen LogP contribution in [0.15, 0.2) is 123 Å². The Morgan fingerprint density at radius 3 is 2.29 bits per heavy atom. The number of rotatable bonds is 6. The van der Waals surface area contributed by atoms with Crippen LogP contribution < -0.4 is 4.80 Å². The molecule has 0 amide bonds. The van der Waals surface area contributed by atoms with Crippen LogP contribution in [-0.4, -0.2) is 20.6 Å². The van der Waals surface area contributed by atoms with Crippen molar-refractivity contribution < 1.29 is 0 Å². The average molecular weight is 617 g/mol. The van der Waals surface area contributed by atoms with E-state index in [1.807, 2.05) is 89.7 Å². The van der Waals surface area contributed by atoms with Crippen LogP contribution in [0.3, 0.4) is 0 Å². The molecule has 0 bridgehead atoms. The third-order valence-corrected chi connectivity index (χ3v) is 8.47. The first-order valence-electron chi connectivity index (χ1n) is 11.7. The minimum atomic E-state index is 0.686. The van der Waals surface area contributed by atoms with Crippen LogP contribution in [0.25, 0.3) is 33.2 Å². The molecule has 0 N–H and O–H groups in total. The van der Waals surface area contributed by atoms with Crippen LogP contribution in [0.2, 0.25) is 5.02 Å². The topological polar surface area (TPSA) is 47.5 Å². The lowest BCUT2D eigenvalue weighted by atomic mass is 10.1. The Bertz CT molecular complexity index is 1780. The van der Waals surface area contributed by atoms with Crippen molar-refractivity contribution in [1.82, 2.24) is 14.3 Å². The Morgan fingerprint density at radius 2 is 1.58 bits per heavy atom. The Hall–Kier alpha value is -3.56. The molecule has 0 aliphatic carbocycles. The third-order valence-electron chi connectivity index (χ3n) is 5.77. The number of para-hydroxylation sites is 1. The number of aromatic nitrogens is 3. The summed E-state index contributed by atoms with van der Waals surface area (Å²) >= 11 is 12.9. The molecule has 9 heteroatoms. The second kappa shape index (κ2) is 11.0. The van der Waals surface area contributed by atoms with Gasteiger partial charge in [0.05, 0.1) is 26.3 Å². The standard InChI is InChI=1S/C29H19BrClN5S2/c30-27-16-15-26(38-27)28-21(18-35(34-28)23-9-5-2-6-10-23)17-32-33-29-36(24-13-11-22(31)12-14-24)25(19-37-29)20-7-3-1-4-8-20/h1-19H/b32-17+,33-29+. The van der Waals surface area contributed by atoms with Gasteiger partial charge in [-0.15, -0.1) is 27.8 Å². The van der Waals surface area contributed by atoms with E-state index in [1.54, 1.807) is 17.6 Å². The molecule has 0 saturated carbocycles. The summed E-state index contributed by atoms with van der Waals surface area (Å²) in [6.45, 7) is 0. The first-order chi connectivity index (χ1) is 18.7. The fraction of sp³-hybridized carbons (Fsp3) is 0. The maximum atomic E-state index is 6.17. The zero-order valence-electron chi connectivity index (χ0n) is 19.8. The first kappa shape index (κ1) is 24.8. The van der Waals surface area contributed by atoms with Crippen LogP contribution in [0.4, 0.5) is 0 Å². The maximum Gasteiger partial charge on any atom is 0.215 e. The number of hydrogen-bond donors (Lipinski definition) is 0. The minimum Gasteiger partial charge on any atom is -0.284 e. The van der Waals surface area contributed by atoms with Crippen molar-refractivity contribution in [3.8, 4) is 33.2 Å². The second-order valence-electron chi connectivity index (χ2n) is 8.24. The van der Waals surface area contributed by atoms with Gasteiger partial charge in [0.15, 0.2) is 0 Å². The molecule has 0 fully saturated rings. The lowest BCUT2D eigenvalue weighted by Gasteiger charge is -2.09. The summed E-state index contributed by atoms with van der Waals surface area (Å²) in [4.78, 5) is 1.80. The fourth-order valence-corrected chi connectivity index (χ4v) is 6.38. The predicted molar refractivity (Wildman–Crippen MR) is 162 cm³/mol. The van der Waals surface area contributed by atoms with Crippen molar-refractivity contribution in [2.24, 2.45) is 10.2 Å². The van der Waals surface area contributed by atoms with Gasteiger partial charge in [0.1, 0.15) is 5.69 Å². The normalized spacial score (nSPS) is 12.0. The highest BCUT2D eigenvalue weighted by molar-refractivity contribution is 9.11. The van der Waals surface area contributed by atoms with E-state index in [0.717, 1.165) is 47.4 Å². The summed E-state index contributed by atoms with van der Waals surface area (Å²) in [6, 6.07) is 32.1. The molecule has 0 aliphatic rings. The Balaban J connectivity index is 1.44. The molecular formula is C29H19BrClN5S2. The lowest BCUT2D eigenvalue weighted by Crippen LogP contribution is -2.13. The zero-order valence-corrected chi connectivity index (χ0v) is 23.8. The summed E-state index contributed by atoms with van der Waals surface area (Å²) in [5.41, 5.74) is 5.80. The number of benzene rings is 3. The van der Waals surface area contributed by atoms with E-state index in [9.17, 15) is 0 Å². The number of halogens is 2. The van der Waals surface area contributed by atoms with Crippen molar-refractivity contribution in [3.63, 3.8) is 0 Å². The van der Waals surface area contributed by atoms with Crippen molar-refractivity contribution in [2.75, 3.05) is 0 Å². The van der Waals surface area contributed by atoms with Gasteiger partial charge in [-0.1, -0.05) is 60.1 Å². The lowest BCUT2D eigenvalue weighted by molar-refractivity contribution is 0.885. The highest BCUT2D eigenvalue weighted by Gasteiger charge is 2.14. The highest BCUT2D eigenvalue weighted by atomic mass is 79.9. The summed E-state index contributed by atoms with van der Waals surface area (Å²) in [6.07, 6.45) is 3.75. The monoisotopic (exact) mass is 615 g/mol. The zero-order chi connectivity index (χ0) is 25.9. The van der Waals surface area contributed by atoms with Gasteiger partial charge in [-0.2, -0.15) is 10.2 Å². The van der Waals surface area contributed by atoms with Gasteiger partial charge in [0, 0.05) is 27.9 Å². The summed E-state index contributed by atoms with van der Waals surface area (Å²) < 4.78 is 5.01. The van der Waals surface area contributed by atoms with Crippen LogP contribution >= 0.6 is 50.2 Å². The van der Waals surface area contributed by atoms with Gasteiger partial charge in [-0.3, -0.25) is 4.57 Å². The van der Waals surface area contributed by atoms with Crippen molar-refractivity contribution in [1.29, 1.82) is 0 Å². The molecule has 3 aromatic heterocycles.